The van der Waals surface area contributed by atoms with Crippen LogP contribution in [-0.2, 0) is 4.79 Å². The van der Waals surface area contributed by atoms with Crippen molar-refractivity contribution < 1.29 is 4.79 Å². The van der Waals surface area contributed by atoms with Crippen LogP contribution in [0.25, 0.3) is 11.3 Å². The highest BCUT2D eigenvalue weighted by Crippen LogP contribution is 2.60. The molecule has 1 heterocycles. The molecule has 6 heteroatoms. The van der Waals surface area contributed by atoms with Crippen LogP contribution >= 0.6 is 22.9 Å². The number of hydrogen-bond acceptors (Lipinski definition) is 4. The minimum Gasteiger partial charge on any atom is -0.331 e. The van der Waals surface area contributed by atoms with Crippen molar-refractivity contribution in [3.05, 3.63) is 58.9 Å². The quantitative estimate of drug-likeness (QED) is 0.415. The number of carbonyl (C=O) groups is 1. The van der Waals surface area contributed by atoms with Gasteiger partial charge in [-0.25, -0.2) is 4.98 Å². The summed E-state index contributed by atoms with van der Waals surface area (Å²) in [6.07, 6.45) is 7.31. The number of halogens is 1. The molecule has 0 spiro atoms. The molecule has 164 valence electrons. The highest BCUT2D eigenvalue weighted by Gasteiger charge is 2.54. The van der Waals surface area contributed by atoms with Gasteiger partial charge in [-0.2, -0.15) is 0 Å². The van der Waals surface area contributed by atoms with E-state index < -0.39 is 0 Å². The zero-order valence-corrected chi connectivity index (χ0v) is 19.4. The Morgan fingerprint density at radius 1 is 0.969 bits per heavy atom. The van der Waals surface area contributed by atoms with Gasteiger partial charge in [0.25, 0.3) is 0 Å². The summed E-state index contributed by atoms with van der Waals surface area (Å²) < 4.78 is 0. The Morgan fingerprint density at radius 2 is 1.66 bits per heavy atom. The first kappa shape index (κ1) is 20.3. The zero-order chi connectivity index (χ0) is 21.7. The molecule has 4 aliphatic carbocycles. The predicted octanol–water partition coefficient (Wildman–Crippen LogP) is 7.36. The van der Waals surface area contributed by atoms with E-state index in [1.54, 1.807) is 11.3 Å². The first-order valence-electron chi connectivity index (χ1n) is 11.4. The molecule has 2 aromatic carbocycles. The van der Waals surface area contributed by atoms with Crippen molar-refractivity contribution in [3.63, 3.8) is 0 Å². The molecule has 32 heavy (non-hydrogen) atoms. The summed E-state index contributed by atoms with van der Waals surface area (Å²) in [5, 5.41) is 10.1. The van der Waals surface area contributed by atoms with Crippen LogP contribution in [0, 0.1) is 23.2 Å². The summed E-state index contributed by atoms with van der Waals surface area (Å²) in [4.78, 5) is 18.0. The lowest BCUT2D eigenvalue weighted by atomic mass is 9.49. The Kier molecular flexibility index (Phi) is 4.99. The average molecular weight is 464 g/mol. The van der Waals surface area contributed by atoms with E-state index in [4.69, 9.17) is 16.6 Å². The smallest absolute Gasteiger partial charge is 0.230 e. The SMILES string of the molecule is O=C(Nc1ccc(-c2csc(Nc3cccc(Cl)c3)n2)cc1)C12CC3CC(CC(C3)C1)C2. The molecule has 1 aromatic heterocycles. The van der Waals surface area contributed by atoms with Crippen LogP contribution in [0.2, 0.25) is 5.02 Å². The number of nitrogens with zero attached hydrogens (tertiary/aromatic N) is 1. The van der Waals surface area contributed by atoms with Gasteiger partial charge >= 0.3 is 0 Å². The minimum absolute atomic E-state index is 0.122. The third kappa shape index (κ3) is 3.82. The van der Waals surface area contributed by atoms with Crippen molar-refractivity contribution in [2.75, 3.05) is 10.6 Å². The van der Waals surface area contributed by atoms with Crippen molar-refractivity contribution in [1.29, 1.82) is 0 Å². The van der Waals surface area contributed by atoms with E-state index in [2.05, 4.69) is 10.6 Å². The molecule has 7 rings (SSSR count). The number of anilines is 3. The second-order valence-corrected chi connectivity index (χ2v) is 11.2. The second kappa shape index (κ2) is 7.89. The van der Waals surface area contributed by atoms with Gasteiger partial charge in [-0.3, -0.25) is 4.79 Å². The molecule has 4 bridgehead atoms. The lowest BCUT2D eigenvalue weighted by molar-refractivity contribution is -0.140. The monoisotopic (exact) mass is 463 g/mol. The number of rotatable bonds is 5. The standard InChI is InChI=1S/C26H26ClN3OS/c27-20-2-1-3-22(11-20)29-25-30-23(15-32-25)19-4-6-21(7-5-19)28-24(31)26-12-16-8-17(13-26)10-18(9-16)14-26/h1-7,11,15-18H,8-10,12-14H2,(H,28,31)(H,29,30). The van der Waals surface area contributed by atoms with Gasteiger partial charge in [0, 0.05) is 27.3 Å². The van der Waals surface area contributed by atoms with Gasteiger partial charge in [-0.05, 0) is 86.6 Å². The molecule has 1 amide bonds. The molecule has 0 aliphatic heterocycles. The lowest BCUT2D eigenvalue weighted by Crippen LogP contribution is -2.51. The minimum atomic E-state index is -0.122. The molecule has 4 saturated carbocycles. The van der Waals surface area contributed by atoms with Crippen molar-refractivity contribution in [3.8, 4) is 11.3 Å². The van der Waals surface area contributed by atoms with Gasteiger partial charge in [-0.15, -0.1) is 11.3 Å². The summed E-state index contributed by atoms with van der Waals surface area (Å²) in [6, 6.07) is 15.7. The van der Waals surface area contributed by atoms with Gasteiger partial charge < -0.3 is 10.6 Å². The van der Waals surface area contributed by atoms with Crippen molar-refractivity contribution >= 4 is 45.4 Å². The van der Waals surface area contributed by atoms with Crippen LogP contribution in [-0.4, -0.2) is 10.9 Å². The van der Waals surface area contributed by atoms with E-state index in [-0.39, 0.29) is 11.3 Å². The van der Waals surface area contributed by atoms with E-state index in [0.29, 0.717) is 5.02 Å². The van der Waals surface area contributed by atoms with Crippen LogP contribution in [0.5, 0.6) is 0 Å². The maximum absolute atomic E-state index is 13.3. The number of amides is 1. The highest BCUT2D eigenvalue weighted by atomic mass is 35.5. The van der Waals surface area contributed by atoms with Gasteiger partial charge in [0.15, 0.2) is 5.13 Å². The first-order chi connectivity index (χ1) is 15.5. The number of benzene rings is 2. The van der Waals surface area contributed by atoms with Crippen LogP contribution < -0.4 is 10.6 Å². The van der Waals surface area contributed by atoms with E-state index in [9.17, 15) is 4.79 Å². The Hall–Kier alpha value is -2.37. The highest BCUT2D eigenvalue weighted by molar-refractivity contribution is 7.14. The molecule has 0 unspecified atom stereocenters. The molecule has 0 saturated heterocycles. The number of thiazole rings is 1. The Balaban J connectivity index is 1.13. The third-order valence-electron chi connectivity index (χ3n) is 7.54. The first-order valence-corrected chi connectivity index (χ1v) is 12.7. The fourth-order valence-corrected chi connectivity index (χ4v) is 7.46. The second-order valence-electron chi connectivity index (χ2n) is 9.90. The normalized spacial score (nSPS) is 28.0. The van der Waals surface area contributed by atoms with E-state index in [1.165, 1.54) is 19.3 Å². The summed E-state index contributed by atoms with van der Waals surface area (Å²) in [5.74, 6) is 2.56. The fourth-order valence-electron chi connectivity index (χ4n) is 6.53. The molecule has 0 radical (unpaired) electrons. The van der Waals surface area contributed by atoms with E-state index in [1.807, 2.05) is 53.9 Å². The Morgan fingerprint density at radius 3 is 2.31 bits per heavy atom. The average Bonchev–Trinajstić information content (AvgIpc) is 3.22. The van der Waals surface area contributed by atoms with Crippen LogP contribution in [0.3, 0.4) is 0 Å². The van der Waals surface area contributed by atoms with Gasteiger partial charge in [0.2, 0.25) is 5.91 Å². The number of aromatic nitrogens is 1. The van der Waals surface area contributed by atoms with Crippen molar-refractivity contribution in [2.24, 2.45) is 23.2 Å². The number of carbonyl (C=O) groups excluding carboxylic acids is 1. The molecule has 0 atom stereocenters. The van der Waals surface area contributed by atoms with Crippen molar-refractivity contribution in [2.45, 2.75) is 38.5 Å². The molecule has 4 nitrogen and oxygen atoms in total. The topological polar surface area (TPSA) is 54.0 Å². The zero-order valence-electron chi connectivity index (χ0n) is 17.8. The van der Waals surface area contributed by atoms with Gasteiger partial charge in [0.1, 0.15) is 0 Å². The van der Waals surface area contributed by atoms with Crippen LogP contribution in [0.15, 0.2) is 53.9 Å². The van der Waals surface area contributed by atoms with Crippen LogP contribution in [0.1, 0.15) is 38.5 Å². The fraction of sp³-hybridized carbons (Fsp3) is 0.385. The number of hydrogen-bond donors (Lipinski definition) is 2. The summed E-state index contributed by atoms with van der Waals surface area (Å²) in [6.45, 7) is 0. The Labute approximate surface area is 197 Å². The largest absolute Gasteiger partial charge is 0.331 e. The van der Waals surface area contributed by atoms with E-state index >= 15 is 0 Å². The van der Waals surface area contributed by atoms with Crippen molar-refractivity contribution in [1.82, 2.24) is 4.98 Å². The summed E-state index contributed by atoms with van der Waals surface area (Å²) >= 11 is 7.62. The summed E-state index contributed by atoms with van der Waals surface area (Å²) in [5.41, 5.74) is 3.62. The lowest BCUT2D eigenvalue weighted by Gasteiger charge is -2.55. The van der Waals surface area contributed by atoms with Gasteiger partial charge in [-0.1, -0.05) is 29.8 Å². The Bertz CT molecular complexity index is 1120. The molecular weight excluding hydrogens is 438 g/mol. The summed E-state index contributed by atoms with van der Waals surface area (Å²) in [7, 11) is 0. The third-order valence-corrected chi connectivity index (χ3v) is 8.53. The molecule has 2 N–H and O–H groups in total. The predicted molar refractivity (Wildman–Crippen MR) is 132 cm³/mol. The van der Waals surface area contributed by atoms with Gasteiger partial charge in [0.05, 0.1) is 11.1 Å². The number of nitrogens with one attached hydrogen (secondary N) is 2. The van der Waals surface area contributed by atoms with Crippen LogP contribution in [0.4, 0.5) is 16.5 Å². The maximum Gasteiger partial charge on any atom is 0.230 e. The van der Waals surface area contributed by atoms with E-state index in [0.717, 1.165) is 64.8 Å². The molecule has 4 aliphatic rings. The molecular formula is C26H26ClN3OS. The molecule has 3 aromatic rings. The molecule has 4 fully saturated rings. The maximum atomic E-state index is 13.3.